The molecule has 1 heterocycles. The van der Waals surface area contributed by atoms with E-state index in [4.69, 9.17) is 5.73 Å². The molecule has 19 heavy (non-hydrogen) atoms. The predicted octanol–water partition coefficient (Wildman–Crippen LogP) is 2.94. The summed E-state index contributed by atoms with van der Waals surface area (Å²) >= 11 is 0. The summed E-state index contributed by atoms with van der Waals surface area (Å²) in [6, 6.07) is 12.5. The Kier molecular flexibility index (Phi) is 3.96. The highest BCUT2D eigenvalue weighted by Gasteiger charge is 2.13. The first-order chi connectivity index (χ1) is 9.00. The first-order valence-electron chi connectivity index (χ1n) is 6.64. The Labute approximate surface area is 114 Å². The Morgan fingerprint density at radius 2 is 1.63 bits per heavy atom. The average Bonchev–Trinajstić information content (AvgIpc) is 2.39. The molecule has 2 N–H and O–H groups in total. The first kappa shape index (κ1) is 13.7. The van der Waals surface area contributed by atoms with Crippen LogP contribution in [0.2, 0.25) is 0 Å². The molecule has 0 saturated carbocycles. The van der Waals surface area contributed by atoms with Crippen molar-refractivity contribution in [2.24, 2.45) is 5.73 Å². The van der Waals surface area contributed by atoms with E-state index in [1.54, 1.807) is 0 Å². The van der Waals surface area contributed by atoms with Gasteiger partial charge in [0.2, 0.25) is 0 Å². The second-order valence-corrected chi connectivity index (χ2v) is 5.78. The standard InChI is InChI=1S/C16H21N3/c1-16(2,3)13-6-4-12(5-7-13)15-9-8-14(10-11-17)18-19-15/h4-9H,10-11,17H2,1-3H3. The minimum atomic E-state index is 0.176. The van der Waals surface area contributed by atoms with E-state index < -0.39 is 0 Å². The molecule has 0 unspecified atom stereocenters. The van der Waals surface area contributed by atoms with Gasteiger partial charge in [0.25, 0.3) is 0 Å². The molecule has 1 aromatic heterocycles. The maximum absolute atomic E-state index is 5.50. The van der Waals surface area contributed by atoms with Gasteiger partial charge < -0.3 is 5.73 Å². The fraction of sp³-hybridized carbons (Fsp3) is 0.375. The molecule has 0 atom stereocenters. The largest absolute Gasteiger partial charge is 0.330 e. The molecular formula is C16H21N3. The van der Waals surface area contributed by atoms with Crippen molar-refractivity contribution in [2.75, 3.05) is 6.54 Å². The number of nitrogens with two attached hydrogens (primary N) is 1. The van der Waals surface area contributed by atoms with Crippen molar-refractivity contribution in [1.29, 1.82) is 0 Å². The van der Waals surface area contributed by atoms with Crippen LogP contribution in [-0.4, -0.2) is 16.7 Å². The Morgan fingerprint density at radius 1 is 0.947 bits per heavy atom. The lowest BCUT2D eigenvalue weighted by Gasteiger charge is -2.19. The number of aromatic nitrogens is 2. The van der Waals surface area contributed by atoms with Crippen LogP contribution >= 0.6 is 0 Å². The molecule has 3 nitrogen and oxygen atoms in total. The number of hydrogen-bond donors (Lipinski definition) is 1. The second-order valence-electron chi connectivity index (χ2n) is 5.78. The molecular weight excluding hydrogens is 234 g/mol. The fourth-order valence-corrected chi connectivity index (χ4v) is 1.94. The number of hydrogen-bond acceptors (Lipinski definition) is 3. The van der Waals surface area contributed by atoms with Crippen molar-refractivity contribution in [3.8, 4) is 11.3 Å². The highest BCUT2D eigenvalue weighted by Crippen LogP contribution is 2.25. The molecule has 100 valence electrons. The van der Waals surface area contributed by atoms with Gasteiger partial charge in [-0.3, -0.25) is 0 Å². The topological polar surface area (TPSA) is 51.8 Å². The molecule has 3 heteroatoms. The summed E-state index contributed by atoms with van der Waals surface area (Å²) in [5.74, 6) is 0. The zero-order valence-corrected chi connectivity index (χ0v) is 11.9. The summed E-state index contributed by atoms with van der Waals surface area (Å²) in [6.07, 6.45) is 0.774. The Bertz CT molecular complexity index is 521. The van der Waals surface area contributed by atoms with Gasteiger partial charge in [-0.25, -0.2) is 0 Å². The summed E-state index contributed by atoms with van der Waals surface area (Å²) in [4.78, 5) is 0. The number of rotatable bonds is 3. The van der Waals surface area contributed by atoms with Gasteiger partial charge in [-0.2, -0.15) is 10.2 Å². The van der Waals surface area contributed by atoms with Gasteiger partial charge in [0.1, 0.15) is 0 Å². The molecule has 0 radical (unpaired) electrons. The lowest BCUT2D eigenvalue weighted by molar-refractivity contribution is 0.590. The van der Waals surface area contributed by atoms with E-state index in [0.717, 1.165) is 23.4 Å². The highest BCUT2D eigenvalue weighted by molar-refractivity contribution is 5.59. The molecule has 0 aliphatic rings. The molecule has 0 fully saturated rings. The fourth-order valence-electron chi connectivity index (χ4n) is 1.94. The van der Waals surface area contributed by atoms with Crippen LogP contribution in [0, 0.1) is 0 Å². The third kappa shape index (κ3) is 3.38. The summed E-state index contributed by atoms with van der Waals surface area (Å²) < 4.78 is 0. The minimum absolute atomic E-state index is 0.176. The molecule has 2 aromatic rings. The molecule has 0 amide bonds. The third-order valence-corrected chi connectivity index (χ3v) is 3.17. The van der Waals surface area contributed by atoms with Crippen molar-refractivity contribution in [1.82, 2.24) is 10.2 Å². The molecule has 0 aliphatic carbocycles. The summed E-state index contributed by atoms with van der Waals surface area (Å²) in [6.45, 7) is 7.24. The Morgan fingerprint density at radius 3 is 2.11 bits per heavy atom. The summed E-state index contributed by atoms with van der Waals surface area (Å²) in [7, 11) is 0. The van der Waals surface area contributed by atoms with Crippen LogP contribution in [0.4, 0.5) is 0 Å². The lowest BCUT2D eigenvalue weighted by Crippen LogP contribution is -2.10. The summed E-state index contributed by atoms with van der Waals surface area (Å²) in [5.41, 5.74) is 9.94. The molecule has 0 saturated heterocycles. The van der Waals surface area contributed by atoms with E-state index in [2.05, 4.69) is 55.2 Å². The van der Waals surface area contributed by atoms with Gasteiger partial charge in [-0.1, -0.05) is 45.0 Å². The van der Waals surface area contributed by atoms with Crippen LogP contribution in [0.15, 0.2) is 36.4 Å². The molecule has 0 bridgehead atoms. The van der Waals surface area contributed by atoms with E-state index in [1.165, 1.54) is 5.56 Å². The van der Waals surface area contributed by atoms with Gasteiger partial charge in [0, 0.05) is 12.0 Å². The molecule has 1 aromatic carbocycles. The van der Waals surface area contributed by atoms with Crippen molar-refractivity contribution in [3.05, 3.63) is 47.7 Å². The van der Waals surface area contributed by atoms with E-state index >= 15 is 0 Å². The maximum atomic E-state index is 5.50. The van der Waals surface area contributed by atoms with Gasteiger partial charge in [-0.15, -0.1) is 0 Å². The van der Waals surface area contributed by atoms with Crippen LogP contribution in [0.3, 0.4) is 0 Å². The Hall–Kier alpha value is -1.74. The van der Waals surface area contributed by atoms with Crippen LogP contribution in [0.5, 0.6) is 0 Å². The average molecular weight is 255 g/mol. The zero-order chi connectivity index (χ0) is 13.9. The number of nitrogens with zero attached hydrogens (tertiary/aromatic N) is 2. The van der Waals surface area contributed by atoms with Crippen LogP contribution < -0.4 is 5.73 Å². The Balaban J connectivity index is 2.22. The molecule has 2 rings (SSSR count). The van der Waals surface area contributed by atoms with Gasteiger partial charge in [0.15, 0.2) is 0 Å². The van der Waals surface area contributed by atoms with Crippen molar-refractivity contribution in [3.63, 3.8) is 0 Å². The van der Waals surface area contributed by atoms with Crippen LogP contribution in [0.1, 0.15) is 32.0 Å². The molecule has 0 aliphatic heterocycles. The second kappa shape index (κ2) is 5.49. The molecule has 0 spiro atoms. The summed E-state index contributed by atoms with van der Waals surface area (Å²) in [5, 5.41) is 8.44. The van der Waals surface area contributed by atoms with Crippen LogP contribution in [0.25, 0.3) is 11.3 Å². The highest BCUT2D eigenvalue weighted by atomic mass is 15.1. The predicted molar refractivity (Wildman–Crippen MR) is 78.9 cm³/mol. The third-order valence-electron chi connectivity index (χ3n) is 3.17. The number of benzene rings is 1. The van der Waals surface area contributed by atoms with Gasteiger partial charge in [-0.05, 0) is 29.7 Å². The minimum Gasteiger partial charge on any atom is -0.330 e. The lowest BCUT2D eigenvalue weighted by atomic mass is 9.86. The quantitative estimate of drug-likeness (QED) is 0.917. The first-order valence-corrected chi connectivity index (χ1v) is 6.64. The normalized spacial score (nSPS) is 11.6. The SMILES string of the molecule is CC(C)(C)c1ccc(-c2ccc(CCN)nn2)cc1. The van der Waals surface area contributed by atoms with E-state index in [-0.39, 0.29) is 5.41 Å². The maximum Gasteiger partial charge on any atom is 0.0929 e. The smallest absolute Gasteiger partial charge is 0.0929 e. The zero-order valence-electron chi connectivity index (χ0n) is 11.9. The van der Waals surface area contributed by atoms with Gasteiger partial charge >= 0.3 is 0 Å². The monoisotopic (exact) mass is 255 g/mol. The van der Waals surface area contributed by atoms with E-state index in [0.29, 0.717) is 6.54 Å². The van der Waals surface area contributed by atoms with E-state index in [1.807, 2.05) is 12.1 Å². The van der Waals surface area contributed by atoms with Crippen LogP contribution in [-0.2, 0) is 11.8 Å². The van der Waals surface area contributed by atoms with Crippen molar-refractivity contribution >= 4 is 0 Å². The van der Waals surface area contributed by atoms with Gasteiger partial charge in [0.05, 0.1) is 11.4 Å². The van der Waals surface area contributed by atoms with Crippen molar-refractivity contribution in [2.45, 2.75) is 32.6 Å². The van der Waals surface area contributed by atoms with E-state index in [9.17, 15) is 0 Å². The van der Waals surface area contributed by atoms with Crippen molar-refractivity contribution < 1.29 is 0 Å².